The second-order valence-electron chi connectivity index (χ2n) is 5.25. The summed E-state index contributed by atoms with van der Waals surface area (Å²) in [4.78, 5) is 2.19. The first-order valence-corrected chi connectivity index (χ1v) is 7.14. The highest BCUT2D eigenvalue weighted by Gasteiger charge is 2.23. The van der Waals surface area contributed by atoms with Gasteiger partial charge in [-0.05, 0) is 32.4 Å². The number of piperidine rings is 1. The lowest BCUT2D eigenvalue weighted by Crippen LogP contribution is -2.43. The lowest BCUT2D eigenvalue weighted by atomic mass is 10.0. The third-order valence-corrected chi connectivity index (χ3v) is 3.68. The second-order valence-corrected chi connectivity index (χ2v) is 5.25. The van der Waals surface area contributed by atoms with Crippen LogP contribution >= 0.6 is 0 Å². The molecule has 1 aliphatic rings. The van der Waals surface area contributed by atoms with E-state index in [1.54, 1.807) is 0 Å². The molecule has 0 spiro atoms. The van der Waals surface area contributed by atoms with Crippen LogP contribution in [0.1, 0.15) is 31.4 Å². The van der Waals surface area contributed by atoms with Crippen molar-refractivity contribution in [3.8, 4) is 0 Å². The molecule has 5 heteroatoms. The molecule has 3 nitrogen and oxygen atoms in total. The van der Waals surface area contributed by atoms with Gasteiger partial charge in [0.05, 0.1) is 6.10 Å². The average molecular weight is 284 g/mol. The van der Waals surface area contributed by atoms with Crippen LogP contribution in [0.25, 0.3) is 0 Å². The maximum Gasteiger partial charge on any atom is 0.130 e. The number of nitrogens with two attached hydrogens (primary N) is 1. The van der Waals surface area contributed by atoms with Gasteiger partial charge in [0.2, 0.25) is 0 Å². The number of hydrogen-bond acceptors (Lipinski definition) is 3. The Balaban J connectivity index is 1.95. The number of rotatable bonds is 5. The van der Waals surface area contributed by atoms with Crippen LogP contribution in [0.5, 0.6) is 0 Å². The van der Waals surface area contributed by atoms with Gasteiger partial charge in [-0.2, -0.15) is 0 Å². The fraction of sp³-hybridized carbons (Fsp3) is 0.600. The molecule has 0 amide bonds. The van der Waals surface area contributed by atoms with Crippen molar-refractivity contribution in [3.05, 3.63) is 35.4 Å². The molecule has 1 fully saturated rings. The van der Waals surface area contributed by atoms with Crippen molar-refractivity contribution in [3.63, 3.8) is 0 Å². The number of benzene rings is 1. The minimum absolute atomic E-state index is 0.235. The zero-order valence-electron chi connectivity index (χ0n) is 11.8. The summed E-state index contributed by atoms with van der Waals surface area (Å²) in [5.74, 6) is -1.15. The fourth-order valence-electron chi connectivity index (χ4n) is 2.73. The summed E-state index contributed by atoms with van der Waals surface area (Å²) in [7, 11) is 0. The maximum absolute atomic E-state index is 13.7. The third kappa shape index (κ3) is 3.98. The largest absolute Gasteiger partial charge is 0.377 e. The van der Waals surface area contributed by atoms with Crippen LogP contribution in [0.3, 0.4) is 0 Å². The van der Waals surface area contributed by atoms with Crippen molar-refractivity contribution >= 4 is 0 Å². The normalized spacial score (nSPS) is 21.9. The number of nitrogens with zero attached hydrogens (tertiary/aromatic N) is 1. The smallest absolute Gasteiger partial charge is 0.130 e. The van der Waals surface area contributed by atoms with E-state index in [1.165, 1.54) is 12.1 Å². The standard InChI is InChI=1S/C15H22F2N2O/c1-2-20-12-4-3-7-19(9-12)10-15(18)13-6-5-11(16)8-14(13)17/h5-6,8,12,15H,2-4,7,9-10,18H2,1H3. The Labute approximate surface area is 118 Å². The van der Waals surface area contributed by atoms with Gasteiger partial charge in [-0.3, -0.25) is 4.90 Å². The Kier molecular flexibility index (Phi) is 5.46. The van der Waals surface area contributed by atoms with Crippen molar-refractivity contribution in [1.82, 2.24) is 4.90 Å². The van der Waals surface area contributed by atoms with Crippen LogP contribution in [-0.2, 0) is 4.74 Å². The summed E-state index contributed by atoms with van der Waals surface area (Å²) in [6.07, 6.45) is 2.35. The molecule has 20 heavy (non-hydrogen) atoms. The molecule has 2 rings (SSSR count). The van der Waals surface area contributed by atoms with Gasteiger partial charge in [0, 0.05) is 37.4 Å². The van der Waals surface area contributed by atoms with Gasteiger partial charge in [0.15, 0.2) is 0 Å². The molecule has 1 aromatic carbocycles. The molecular weight excluding hydrogens is 262 g/mol. The zero-order valence-corrected chi connectivity index (χ0v) is 11.8. The molecule has 1 aliphatic heterocycles. The average Bonchev–Trinajstić information content (AvgIpc) is 2.39. The summed E-state index contributed by atoms with van der Waals surface area (Å²) < 4.78 is 32.2. The van der Waals surface area contributed by atoms with Gasteiger partial charge in [-0.25, -0.2) is 8.78 Å². The summed E-state index contributed by atoms with van der Waals surface area (Å²) >= 11 is 0. The van der Waals surface area contributed by atoms with Crippen LogP contribution in [0, 0.1) is 11.6 Å². The number of halogens is 2. The van der Waals surface area contributed by atoms with Crippen molar-refractivity contribution in [2.45, 2.75) is 31.9 Å². The topological polar surface area (TPSA) is 38.5 Å². The summed E-state index contributed by atoms with van der Waals surface area (Å²) in [5, 5.41) is 0. The van der Waals surface area contributed by atoms with Crippen LogP contribution < -0.4 is 5.73 Å². The van der Waals surface area contributed by atoms with Gasteiger partial charge in [0.25, 0.3) is 0 Å². The molecule has 0 radical (unpaired) electrons. The minimum atomic E-state index is -0.576. The molecule has 0 aromatic heterocycles. The SMILES string of the molecule is CCOC1CCCN(CC(N)c2ccc(F)cc2F)C1. The molecule has 0 bridgehead atoms. The molecule has 1 saturated heterocycles. The molecular formula is C15H22F2N2O. The number of likely N-dealkylation sites (tertiary alicyclic amines) is 1. The van der Waals surface area contributed by atoms with E-state index in [9.17, 15) is 8.78 Å². The Morgan fingerprint density at radius 2 is 2.25 bits per heavy atom. The Morgan fingerprint density at radius 3 is 2.95 bits per heavy atom. The molecule has 1 aromatic rings. The predicted octanol–water partition coefficient (Wildman–Crippen LogP) is 2.47. The lowest BCUT2D eigenvalue weighted by molar-refractivity contribution is 0.00442. The Morgan fingerprint density at radius 1 is 1.45 bits per heavy atom. The van der Waals surface area contributed by atoms with Gasteiger partial charge in [-0.15, -0.1) is 0 Å². The highest BCUT2D eigenvalue weighted by molar-refractivity contribution is 5.22. The van der Waals surface area contributed by atoms with Crippen LogP contribution in [0.15, 0.2) is 18.2 Å². The van der Waals surface area contributed by atoms with Crippen molar-refractivity contribution in [2.24, 2.45) is 5.73 Å². The minimum Gasteiger partial charge on any atom is -0.377 e. The van der Waals surface area contributed by atoms with Crippen LogP contribution in [0.4, 0.5) is 8.78 Å². The Hall–Kier alpha value is -1.04. The first kappa shape index (κ1) is 15.4. The third-order valence-electron chi connectivity index (χ3n) is 3.68. The first-order chi connectivity index (χ1) is 9.60. The predicted molar refractivity (Wildman–Crippen MR) is 74.4 cm³/mol. The van der Waals surface area contributed by atoms with Crippen LogP contribution in [0.2, 0.25) is 0 Å². The molecule has 1 heterocycles. The summed E-state index contributed by atoms with van der Waals surface area (Å²) in [6.45, 7) is 5.02. The van der Waals surface area contributed by atoms with E-state index in [0.717, 1.165) is 32.0 Å². The molecule has 2 unspecified atom stereocenters. The highest BCUT2D eigenvalue weighted by atomic mass is 19.1. The van der Waals surface area contributed by atoms with E-state index in [0.29, 0.717) is 18.7 Å². The van der Waals surface area contributed by atoms with Crippen molar-refractivity contribution in [2.75, 3.05) is 26.2 Å². The van der Waals surface area contributed by atoms with Crippen molar-refractivity contribution in [1.29, 1.82) is 0 Å². The van der Waals surface area contributed by atoms with Gasteiger partial charge >= 0.3 is 0 Å². The second kappa shape index (κ2) is 7.11. The van der Waals surface area contributed by atoms with E-state index in [2.05, 4.69) is 4.90 Å². The molecule has 2 atom stereocenters. The van der Waals surface area contributed by atoms with E-state index in [-0.39, 0.29) is 6.10 Å². The first-order valence-electron chi connectivity index (χ1n) is 7.14. The molecule has 0 aliphatic carbocycles. The highest BCUT2D eigenvalue weighted by Crippen LogP contribution is 2.20. The van der Waals surface area contributed by atoms with Gasteiger partial charge in [-0.1, -0.05) is 6.07 Å². The quantitative estimate of drug-likeness (QED) is 0.902. The van der Waals surface area contributed by atoms with Crippen molar-refractivity contribution < 1.29 is 13.5 Å². The monoisotopic (exact) mass is 284 g/mol. The molecule has 2 N–H and O–H groups in total. The molecule has 0 saturated carbocycles. The van der Waals surface area contributed by atoms with Crippen LogP contribution in [-0.4, -0.2) is 37.2 Å². The van der Waals surface area contributed by atoms with E-state index < -0.39 is 17.7 Å². The lowest BCUT2D eigenvalue weighted by Gasteiger charge is -2.34. The number of ether oxygens (including phenoxy) is 1. The zero-order chi connectivity index (χ0) is 14.5. The van der Waals surface area contributed by atoms with E-state index in [1.807, 2.05) is 6.92 Å². The Bertz CT molecular complexity index is 440. The van der Waals surface area contributed by atoms with E-state index >= 15 is 0 Å². The molecule has 112 valence electrons. The summed E-state index contributed by atoms with van der Waals surface area (Å²) in [6, 6.07) is 3.11. The van der Waals surface area contributed by atoms with E-state index in [4.69, 9.17) is 10.5 Å². The fourth-order valence-corrected chi connectivity index (χ4v) is 2.73. The number of hydrogen-bond donors (Lipinski definition) is 1. The maximum atomic E-state index is 13.7. The van der Waals surface area contributed by atoms with Gasteiger partial charge in [0.1, 0.15) is 11.6 Å². The van der Waals surface area contributed by atoms with Gasteiger partial charge < -0.3 is 10.5 Å². The summed E-state index contributed by atoms with van der Waals surface area (Å²) in [5.41, 5.74) is 6.42.